The maximum absolute atomic E-state index is 12.6. The lowest BCUT2D eigenvalue weighted by molar-refractivity contribution is -0.117. The molecule has 0 saturated carbocycles. The number of nitrogens with one attached hydrogen (secondary N) is 1. The Hall–Kier alpha value is -4.26. The molecule has 7 nitrogen and oxygen atoms in total. The number of hydrogen-bond donors (Lipinski definition) is 1. The van der Waals surface area contributed by atoms with Crippen LogP contribution in [0.5, 0.6) is 23.0 Å². The second-order valence-electron chi connectivity index (χ2n) is 8.74. The summed E-state index contributed by atoms with van der Waals surface area (Å²) in [5.41, 5.74) is 3.86. The number of nitrogens with zero attached hydrogens (tertiary/aromatic N) is 1. The van der Waals surface area contributed by atoms with Crippen molar-refractivity contribution >= 4 is 11.5 Å². The van der Waals surface area contributed by atoms with Gasteiger partial charge in [-0.15, -0.1) is 0 Å². The minimum atomic E-state index is -0.144. The number of carbonyl (C=O) groups excluding carboxylic acids is 1. The molecule has 0 radical (unpaired) electrons. The monoisotopic (exact) mass is 516 g/mol. The Kier molecular flexibility index (Phi) is 10.8. The predicted octanol–water partition coefficient (Wildman–Crippen LogP) is 5.63. The highest BCUT2D eigenvalue weighted by Crippen LogP contribution is 2.36. The van der Waals surface area contributed by atoms with Crippen LogP contribution < -0.4 is 24.3 Å². The van der Waals surface area contributed by atoms with Crippen molar-refractivity contribution in [3.63, 3.8) is 0 Å². The van der Waals surface area contributed by atoms with Crippen LogP contribution in [0.1, 0.15) is 36.5 Å². The van der Waals surface area contributed by atoms with Crippen molar-refractivity contribution in [2.24, 2.45) is 0 Å². The maximum Gasteiger partial charge on any atom is 0.244 e. The van der Waals surface area contributed by atoms with Crippen LogP contribution in [0.2, 0.25) is 0 Å². The van der Waals surface area contributed by atoms with Crippen LogP contribution in [0.25, 0.3) is 5.57 Å². The van der Waals surface area contributed by atoms with Crippen molar-refractivity contribution in [2.75, 3.05) is 28.4 Å². The smallest absolute Gasteiger partial charge is 0.244 e. The van der Waals surface area contributed by atoms with E-state index in [1.54, 1.807) is 46.8 Å². The van der Waals surface area contributed by atoms with Gasteiger partial charge < -0.3 is 24.3 Å². The number of benzene rings is 2. The fraction of sp³-hybridized carbons (Fsp3) is 0.290. The van der Waals surface area contributed by atoms with Gasteiger partial charge in [-0.2, -0.15) is 0 Å². The Morgan fingerprint density at radius 3 is 2.03 bits per heavy atom. The van der Waals surface area contributed by atoms with Gasteiger partial charge in [-0.3, -0.25) is 9.78 Å². The molecule has 0 saturated heterocycles. The second-order valence-corrected chi connectivity index (χ2v) is 8.74. The van der Waals surface area contributed by atoms with Crippen molar-refractivity contribution < 1.29 is 23.7 Å². The Morgan fingerprint density at radius 2 is 1.50 bits per heavy atom. The summed E-state index contributed by atoms with van der Waals surface area (Å²) in [6, 6.07) is 15.5. The number of allylic oxidation sites excluding steroid dienone is 2. The van der Waals surface area contributed by atoms with E-state index in [2.05, 4.69) is 16.4 Å². The zero-order valence-electron chi connectivity index (χ0n) is 22.7. The fourth-order valence-electron chi connectivity index (χ4n) is 4.12. The number of pyridine rings is 1. The van der Waals surface area contributed by atoms with Crippen LogP contribution in [0.15, 0.2) is 79.2 Å². The molecule has 0 aliphatic heterocycles. The van der Waals surface area contributed by atoms with E-state index >= 15 is 0 Å². The molecule has 0 bridgehead atoms. The van der Waals surface area contributed by atoms with E-state index < -0.39 is 0 Å². The summed E-state index contributed by atoms with van der Waals surface area (Å²) in [5, 5.41) is 3.04. The van der Waals surface area contributed by atoms with Crippen molar-refractivity contribution in [3.05, 3.63) is 95.8 Å². The van der Waals surface area contributed by atoms with E-state index in [-0.39, 0.29) is 11.9 Å². The molecule has 200 valence electrons. The van der Waals surface area contributed by atoms with Crippen molar-refractivity contribution in [1.82, 2.24) is 10.3 Å². The summed E-state index contributed by atoms with van der Waals surface area (Å²) in [5.74, 6) is 2.34. The molecule has 0 spiro atoms. The van der Waals surface area contributed by atoms with Gasteiger partial charge in [0.05, 0.1) is 28.4 Å². The Bertz CT molecular complexity index is 1200. The number of methoxy groups -OCH3 is 4. The maximum atomic E-state index is 12.6. The van der Waals surface area contributed by atoms with Gasteiger partial charge in [0.1, 0.15) is 0 Å². The van der Waals surface area contributed by atoms with Gasteiger partial charge in [-0.1, -0.05) is 30.4 Å². The van der Waals surface area contributed by atoms with Crippen LogP contribution in [0, 0.1) is 0 Å². The highest BCUT2D eigenvalue weighted by molar-refractivity contribution is 5.89. The first kappa shape index (κ1) is 28.3. The Morgan fingerprint density at radius 1 is 0.895 bits per heavy atom. The molecule has 7 heteroatoms. The van der Waals surface area contributed by atoms with E-state index in [1.807, 2.05) is 61.7 Å². The fourth-order valence-corrected chi connectivity index (χ4v) is 4.12. The molecule has 1 N–H and O–H groups in total. The number of aryl methyl sites for hydroxylation is 1. The van der Waals surface area contributed by atoms with Gasteiger partial charge in [0.15, 0.2) is 23.0 Å². The van der Waals surface area contributed by atoms with E-state index in [0.717, 1.165) is 36.0 Å². The molecule has 1 unspecified atom stereocenters. The molecule has 1 aromatic heterocycles. The molecule has 38 heavy (non-hydrogen) atoms. The zero-order valence-corrected chi connectivity index (χ0v) is 22.7. The summed E-state index contributed by atoms with van der Waals surface area (Å²) < 4.78 is 21.8. The quantitative estimate of drug-likeness (QED) is 0.234. The third-order valence-electron chi connectivity index (χ3n) is 6.11. The molecule has 0 fully saturated rings. The van der Waals surface area contributed by atoms with Gasteiger partial charge in [0.2, 0.25) is 5.91 Å². The van der Waals surface area contributed by atoms with Gasteiger partial charge in [-0.05, 0) is 78.8 Å². The first-order valence-corrected chi connectivity index (χ1v) is 12.5. The SMILES string of the molecule is COc1ccc(C(=C/C=C/C(=O)NC(C)CCCc2cccnc2)c2ccc(OC)c(OC)c2)cc1OC. The van der Waals surface area contributed by atoms with E-state index in [9.17, 15) is 4.79 Å². The van der Waals surface area contributed by atoms with E-state index in [0.29, 0.717) is 23.0 Å². The highest BCUT2D eigenvalue weighted by Gasteiger charge is 2.13. The molecule has 1 atom stereocenters. The summed E-state index contributed by atoms with van der Waals surface area (Å²) >= 11 is 0. The standard InChI is InChI=1S/C31H36N2O5/c1-22(9-6-10-23-11-8-18-32-21-23)33-31(34)13-7-12-26(24-14-16-27(35-2)29(19-24)37-4)25-15-17-28(36-3)30(20-25)38-5/h7-8,11-22H,6,9-10H2,1-5H3,(H,33,34)/b13-7+. The molecule has 1 heterocycles. The van der Waals surface area contributed by atoms with Gasteiger partial charge >= 0.3 is 0 Å². The molecule has 1 amide bonds. The van der Waals surface area contributed by atoms with Crippen molar-refractivity contribution in [1.29, 1.82) is 0 Å². The Labute approximate surface area is 225 Å². The third-order valence-corrected chi connectivity index (χ3v) is 6.11. The molecule has 3 rings (SSSR count). The molecular formula is C31H36N2O5. The summed E-state index contributed by atoms with van der Waals surface area (Å²) in [6.07, 6.45) is 11.6. The van der Waals surface area contributed by atoms with Crippen LogP contribution in [-0.4, -0.2) is 45.4 Å². The third kappa shape index (κ3) is 7.87. The van der Waals surface area contributed by atoms with Crippen LogP contribution >= 0.6 is 0 Å². The zero-order chi connectivity index (χ0) is 27.3. The first-order chi connectivity index (χ1) is 18.5. The predicted molar refractivity (Wildman–Crippen MR) is 150 cm³/mol. The lowest BCUT2D eigenvalue weighted by Gasteiger charge is -2.14. The highest BCUT2D eigenvalue weighted by atomic mass is 16.5. The number of hydrogen-bond acceptors (Lipinski definition) is 6. The molecular weight excluding hydrogens is 480 g/mol. The topological polar surface area (TPSA) is 78.9 Å². The normalized spacial score (nSPS) is 11.5. The number of ether oxygens (including phenoxy) is 4. The molecule has 3 aromatic rings. The van der Waals surface area contributed by atoms with Crippen LogP contribution in [0.3, 0.4) is 0 Å². The van der Waals surface area contributed by atoms with Gasteiger partial charge in [-0.25, -0.2) is 0 Å². The van der Waals surface area contributed by atoms with Crippen LogP contribution in [0.4, 0.5) is 0 Å². The summed E-state index contributed by atoms with van der Waals surface area (Å²) in [4.78, 5) is 16.7. The van der Waals surface area contributed by atoms with Gasteiger partial charge in [0.25, 0.3) is 0 Å². The molecule has 0 aliphatic rings. The average Bonchev–Trinajstić information content (AvgIpc) is 2.95. The lowest BCUT2D eigenvalue weighted by atomic mass is 9.96. The summed E-state index contributed by atoms with van der Waals surface area (Å²) in [6.45, 7) is 2.02. The largest absolute Gasteiger partial charge is 0.493 e. The number of amides is 1. The minimum Gasteiger partial charge on any atom is -0.493 e. The van der Waals surface area contributed by atoms with Gasteiger partial charge in [0, 0.05) is 24.5 Å². The van der Waals surface area contributed by atoms with Crippen LogP contribution in [-0.2, 0) is 11.2 Å². The number of rotatable bonds is 13. The van der Waals surface area contributed by atoms with E-state index in [4.69, 9.17) is 18.9 Å². The Balaban J connectivity index is 1.77. The molecule has 2 aromatic carbocycles. The number of aromatic nitrogens is 1. The first-order valence-electron chi connectivity index (χ1n) is 12.5. The average molecular weight is 517 g/mol. The lowest BCUT2D eigenvalue weighted by Crippen LogP contribution is -2.31. The second kappa shape index (κ2) is 14.5. The van der Waals surface area contributed by atoms with E-state index in [1.165, 1.54) is 5.56 Å². The van der Waals surface area contributed by atoms with Crippen molar-refractivity contribution in [2.45, 2.75) is 32.2 Å². The van der Waals surface area contributed by atoms with Crippen molar-refractivity contribution in [3.8, 4) is 23.0 Å². The number of carbonyl (C=O) groups is 1. The molecule has 0 aliphatic carbocycles. The minimum absolute atomic E-state index is 0.0592. The summed E-state index contributed by atoms with van der Waals surface area (Å²) in [7, 11) is 6.40.